The Morgan fingerprint density at radius 3 is 2.44 bits per heavy atom. The Kier molecular flexibility index (Phi) is 6.99. The third-order valence-electron chi connectivity index (χ3n) is 6.66. The van der Waals surface area contributed by atoms with E-state index in [1.165, 1.54) is 44.9 Å². The quantitative estimate of drug-likeness (QED) is 0.603. The molecule has 25 heavy (non-hydrogen) atoms. The largest absolute Gasteiger partial charge is 0.396 e. The molecule has 0 spiro atoms. The first kappa shape index (κ1) is 19.4. The number of ether oxygens (including phenoxy) is 2. The van der Waals surface area contributed by atoms with E-state index in [1.807, 2.05) is 0 Å². The van der Waals surface area contributed by atoms with Crippen LogP contribution in [0, 0.1) is 17.3 Å². The average molecular weight is 351 g/mol. The molecule has 0 amide bonds. The van der Waals surface area contributed by atoms with Crippen LogP contribution in [0.5, 0.6) is 0 Å². The van der Waals surface area contributed by atoms with Gasteiger partial charge in [-0.25, -0.2) is 0 Å². The van der Waals surface area contributed by atoms with Crippen LogP contribution in [0.4, 0.5) is 0 Å². The van der Waals surface area contributed by atoms with Gasteiger partial charge in [0.25, 0.3) is 0 Å². The van der Waals surface area contributed by atoms with Crippen molar-refractivity contribution >= 4 is 0 Å². The molecule has 0 unspecified atom stereocenters. The average Bonchev–Trinajstić information content (AvgIpc) is 3.22. The van der Waals surface area contributed by atoms with Crippen molar-refractivity contribution in [1.82, 2.24) is 0 Å². The fourth-order valence-corrected chi connectivity index (χ4v) is 4.83. The van der Waals surface area contributed by atoms with E-state index in [2.05, 4.69) is 26.0 Å². The molecule has 2 aliphatic heterocycles. The third-order valence-corrected chi connectivity index (χ3v) is 6.66. The smallest absolute Gasteiger partial charge is 0.0633 e. The predicted molar refractivity (Wildman–Crippen MR) is 102 cm³/mol. The van der Waals surface area contributed by atoms with Gasteiger partial charge in [-0.3, -0.25) is 0 Å². The summed E-state index contributed by atoms with van der Waals surface area (Å²) >= 11 is 0. The van der Waals surface area contributed by atoms with Crippen LogP contribution in [0.3, 0.4) is 0 Å². The van der Waals surface area contributed by atoms with Gasteiger partial charge in [0, 0.05) is 12.5 Å². The van der Waals surface area contributed by atoms with Crippen molar-refractivity contribution in [1.29, 1.82) is 0 Å². The van der Waals surface area contributed by atoms with Crippen molar-refractivity contribution in [2.24, 2.45) is 17.3 Å². The molecular weight excluding hydrogens is 312 g/mol. The zero-order valence-corrected chi connectivity index (χ0v) is 16.3. The van der Waals surface area contributed by atoms with Gasteiger partial charge in [0.1, 0.15) is 0 Å². The van der Waals surface area contributed by atoms with Crippen LogP contribution in [-0.2, 0) is 9.47 Å². The van der Waals surface area contributed by atoms with Gasteiger partial charge in [-0.15, -0.1) is 0 Å². The molecule has 3 fully saturated rings. The lowest BCUT2D eigenvalue weighted by atomic mass is 9.77. The number of allylic oxidation sites excluding steroid dienone is 2. The second-order valence-corrected chi connectivity index (χ2v) is 9.28. The van der Waals surface area contributed by atoms with Crippen LogP contribution in [0.25, 0.3) is 0 Å². The van der Waals surface area contributed by atoms with E-state index < -0.39 is 0 Å². The van der Waals surface area contributed by atoms with E-state index in [0.717, 1.165) is 25.9 Å². The van der Waals surface area contributed by atoms with Crippen molar-refractivity contribution in [3.05, 3.63) is 12.2 Å². The highest BCUT2D eigenvalue weighted by molar-refractivity contribution is 5.00. The molecule has 0 aromatic carbocycles. The molecule has 0 aromatic heterocycles. The van der Waals surface area contributed by atoms with Gasteiger partial charge < -0.3 is 14.6 Å². The second-order valence-electron chi connectivity index (χ2n) is 9.28. The van der Waals surface area contributed by atoms with Gasteiger partial charge in [-0.1, -0.05) is 45.3 Å². The van der Waals surface area contributed by atoms with E-state index in [0.29, 0.717) is 30.1 Å². The molecule has 0 radical (unpaired) electrons. The van der Waals surface area contributed by atoms with Gasteiger partial charge in [0.05, 0.1) is 24.9 Å². The minimum Gasteiger partial charge on any atom is -0.396 e. The van der Waals surface area contributed by atoms with E-state index in [1.54, 1.807) is 0 Å². The Morgan fingerprint density at radius 1 is 1.00 bits per heavy atom. The molecule has 1 N–H and O–H groups in total. The maximum absolute atomic E-state index is 9.34. The van der Waals surface area contributed by atoms with Gasteiger partial charge in [-0.05, 0) is 56.3 Å². The highest BCUT2D eigenvalue weighted by atomic mass is 16.5. The number of rotatable bonds is 9. The summed E-state index contributed by atoms with van der Waals surface area (Å²) in [5.74, 6) is 1.24. The Balaban J connectivity index is 1.43. The molecule has 3 aliphatic rings. The summed E-state index contributed by atoms with van der Waals surface area (Å²) in [6, 6.07) is 0. The Labute approximate surface area is 154 Å². The lowest BCUT2D eigenvalue weighted by Gasteiger charge is -2.30. The van der Waals surface area contributed by atoms with Crippen LogP contribution in [0.2, 0.25) is 0 Å². The van der Waals surface area contributed by atoms with Crippen LogP contribution < -0.4 is 0 Å². The Hall–Kier alpha value is -0.380. The van der Waals surface area contributed by atoms with Crippen molar-refractivity contribution in [3.63, 3.8) is 0 Å². The molecule has 144 valence electrons. The Morgan fingerprint density at radius 2 is 1.72 bits per heavy atom. The van der Waals surface area contributed by atoms with E-state index in [-0.39, 0.29) is 12.0 Å². The number of aliphatic hydroxyl groups excluding tert-OH is 1. The summed E-state index contributed by atoms with van der Waals surface area (Å²) in [5, 5.41) is 9.34. The molecule has 3 heteroatoms. The van der Waals surface area contributed by atoms with Crippen molar-refractivity contribution in [2.45, 2.75) is 96.4 Å². The van der Waals surface area contributed by atoms with Crippen molar-refractivity contribution < 1.29 is 14.6 Å². The summed E-state index contributed by atoms with van der Waals surface area (Å²) < 4.78 is 12.5. The summed E-state index contributed by atoms with van der Waals surface area (Å²) in [5.41, 5.74) is 0.0379. The van der Waals surface area contributed by atoms with Crippen molar-refractivity contribution in [3.8, 4) is 0 Å². The van der Waals surface area contributed by atoms with Crippen molar-refractivity contribution in [2.75, 3.05) is 13.2 Å². The lowest BCUT2D eigenvalue weighted by Crippen LogP contribution is -2.32. The molecule has 1 saturated carbocycles. The highest BCUT2D eigenvalue weighted by Gasteiger charge is 2.48. The first-order chi connectivity index (χ1) is 12.1. The van der Waals surface area contributed by atoms with Crippen LogP contribution >= 0.6 is 0 Å². The highest BCUT2D eigenvalue weighted by Crippen LogP contribution is 2.45. The zero-order valence-electron chi connectivity index (χ0n) is 16.3. The maximum Gasteiger partial charge on any atom is 0.0633 e. The van der Waals surface area contributed by atoms with E-state index in [4.69, 9.17) is 9.47 Å². The van der Waals surface area contributed by atoms with Crippen LogP contribution in [0.1, 0.15) is 78.1 Å². The first-order valence-corrected chi connectivity index (χ1v) is 10.6. The molecule has 3 rings (SSSR count). The first-order valence-electron chi connectivity index (χ1n) is 10.6. The molecule has 2 bridgehead atoms. The minimum atomic E-state index is 0.0379. The maximum atomic E-state index is 9.34. The number of fused-ring (bicyclic) bond motifs is 2. The second kappa shape index (κ2) is 9.01. The lowest BCUT2D eigenvalue weighted by molar-refractivity contribution is -0.0130. The standard InChI is InChI=1S/C22H38O3/c1-22(2,16-23)14-8-4-7-11-18-19(21-13-12-20(18)25-21)15-24-17-9-5-3-6-10-17/h4,7,17-21,23H,3,5-6,8-16H2,1-2H3/b7-4-/t18-,19+,20-,21+/m0/s1. The molecule has 1 aliphatic carbocycles. The molecule has 3 nitrogen and oxygen atoms in total. The summed E-state index contributed by atoms with van der Waals surface area (Å²) in [7, 11) is 0. The third kappa shape index (κ3) is 5.30. The fraction of sp³-hybridized carbons (Fsp3) is 0.909. The van der Waals surface area contributed by atoms with E-state index >= 15 is 0 Å². The number of aliphatic hydroxyl groups is 1. The molecular formula is C22H38O3. The molecule has 2 saturated heterocycles. The summed E-state index contributed by atoms with van der Waals surface area (Å²) in [6.07, 6.45) is 18.3. The topological polar surface area (TPSA) is 38.7 Å². The number of hydrogen-bond acceptors (Lipinski definition) is 3. The Bertz CT molecular complexity index is 425. The normalized spacial score (nSPS) is 33.6. The van der Waals surface area contributed by atoms with Gasteiger partial charge in [0.15, 0.2) is 0 Å². The predicted octanol–water partition coefficient (Wildman–Crippen LogP) is 4.87. The van der Waals surface area contributed by atoms with Gasteiger partial charge in [-0.2, -0.15) is 0 Å². The minimum absolute atomic E-state index is 0.0379. The number of hydrogen-bond donors (Lipinski definition) is 1. The molecule has 2 heterocycles. The monoisotopic (exact) mass is 350 g/mol. The molecule has 0 aromatic rings. The summed E-state index contributed by atoms with van der Waals surface area (Å²) in [4.78, 5) is 0. The van der Waals surface area contributed by atoms with Gasteiger partial charge >= 0.3 is 0 Å². The van der Waals surface area contributed by atoms with Gasteiger partial charge in [0.2, 0.25) is 0 Å². The van der Waals surface area contributed by atoms with E-state index in [9.17, 15) is 5.11 Å². The van der Waals surface area contributed by atoms with Crippen LogP contribution in [0.15, 0.2) is 12.2 Å². The van der Waals surface area contributed by atoms with Crippen LogP contribution in [-0.4, -0.2) is 36.6 Å². The zero-order chi connectivity index (χ0) is 17.7. The fourth-order valence-electron chi connectivity index (χ4n) is 4.83. The SMILES string of the molecule is CC(C)(CO)CC/C=C\C[C@H]1[C@@H](COC2CCCCC2)[C@H]2CC[C@@H]1O2. The summed E-state index contributed by atoms with van der Waals surface area (Å²) in [6.45, 7) is 5.43. The molecule has 4 atom stereocenters.